The lowest BCUT2D eigenvalue weighted by molar-refractivity contribution is -0.125. The quantitative estimate of drug-likeness (QED) is 0.740. The lowest BCUT2D eigenvalue weighted by Crippen LogP contribution is -2.54. The van der Waals surface area contributed by atoms with Crippen molar-refractivity contribution in [3.8, 4) is 0 Å². The summed E-state index contributed by atoms with van der Waals surface area (Å²) in [6.45, 7) is 14.1. The molecule has 0 aliphatic carbocycles. The number of amides is 1. The Kier molecular flexibility index (Phi) is 6.13. The molecule has 0 radical (unpaired) electrons. The van der Waals surface area contributed by atoms with Crippen LogP contribution < -0.4 is 11.1 Å². The Morgan fingerprint density at radius 3 is 2.12 bits per heavy atom. The number of carbonyl (C=O) groups is 1. The first-order valence-electron chi connectivity index (χ1n) is 6.38. The third-order valence-electron chi connectivity index (χ3n) is 2.70. The molecule has 0 spiro atoms. The van der Waals surface area contributed by atoms with Crippen molar-refractivity contribution < 1.29 is 4.79 Å². The molecule has 102 valence electrons. The smallest absolute Gasteiger partial charge is 0.234 e. The van der Waals surface area contributed by atoms with Crippen LogP contribution in [0, 0.1) is 0 Å². The number of nitrogens with zero attached hydrogens (tertiary/aromatic N) is 1. The molecule has 0 aliphatic heterocycles. The molecule has 0 aromatic rings. The normalized spacial score (nSPS) is 12.9. The van der Waals surface area contributed by atoms with Crippen LogP contribution in [0.1, 0.15) is 48.0 Å². The average Bonchev–Trinajstić information content (AvgIpc) is 2.14. The minimum atomic E-state index is -0.179. The summed E-state index contributed by atoms with van der Waals surface area (Å²) in [6.07, 6.45) is 1.02. The van der Waals surface area contributed by atoms with Crippen LogP contribution >= 0.6 is 0 Å². The number of nitrogens with two attached hydrogens (primary N) is 1. The standard InChI is InChI=1S/C13H29N3O/c1-7-8-16(13(5,6)10-14)9-11(17)15-12(2,3)4/h7-10,14H2,1-6H3,(H,15,17). The van der Waals surface area contributed by atoms with Gasteiger partial charge in [0.1, 0.15) is 0 Å². The van der Waals surface area contributed by atoms with E-state index >= 15 is 0 Å². The van der Waals surface area contributed by atoms with Crippen LogP contribution in [0.2, 0.25) is 0 Å². The lowest BCUT2D eigenvalue weighted by atomic mass is 10.0. The molecule has 1 amide bonds. The van der Waals surface area contributed by atoms with Gasteiger partial charge < -0.3 is 11.1 Å². The summed E-state index contributed by atoms with van der Waals surface area (Å²) >= 11 is 0. The maximum atomic E-state index is 11.9. The highest BCUT2D eigenvalue weighted by molar-refractivity contribution is 5.78. The molecule has 3 N–H and O–H groups in total. The number of nitrogens with one attached hydrogen (secondary N) is 1. The second-order valence-electron chi connectivity index (χ2n) is 6.24. The van der Waals surface area contributed by atoms with E-state index in [1.165, 1.54) is 0 Å². The Hall–Kier alpha value is -0.610. The second-order valence-corrected chi connectivity index (χ2v) is 6.24. The van der Waals surface area contributed by atoms with Gasteiger partial charge in [-0.3, -0.25) is 9.69 Å². The SMILES string of the molecule is CCCN(CC(=O)NC(C)(C)C)C(C)(C)CN. The average molecular weight is 243 g/mol. The van der Waals surface area contributed by atoms with Crippen molar-refractivity contribution in [3.63, 3.8) is 0 Å². The first kappa shape index (κ1) is 16.4. The summed E-state index contributed by atoms with van der Waals surface area (Å²) in [7, 11) is 0. The minimum Gasteiger partial charge on any atom is -0.350 e. The molecule has 0 saturated carbocycles. The Labute approximate surface area is 106 Å². The summed E-state index contributed by atoms with van der Waals surface area (Å²) in [5.41, 5.74) is 5.45. The second kappa shape index (κ2) is 6.36. The minimum absolute atomic E-state index is 0.0625. The molecule has 0 fully saturated rings. The number of rotatable bonds is 6. The summed E-state index contributed by atoms with van der Waals surface area (Å²) in [4.78, 5) is 14.1. The van der Waals surface area contributed by atoms with E-state index in [0.29, 0.717) is 13.1 Å². The Morgan fingerprint density at radius 1 is 1.24 bits per heavy atom. The highest BCUT2D eigenvalue weighted by Gasteiger charge is 2.27. The fraction of sp³-hybridized carbons (Fsp3) is 0.923. The van der Waals surface area contributed by atoms with Crippen LogP contribution in [-0.4, -0.2) is 41.5 Å². The van der Waals surface area contributed by atoms with Crippen molar-refractivity contribution in [2.75, 3.05) is 19.6 Å². The molecule has 0 aromatic carbocycles. The van der Waals surface area contributed by atoms with Gasteiger partial charge in [0.15, 0.2) is 0 Å². The van der Waals surface area contributed by atoms with Crippen LogP contribution in [0.25, 0.3) is 0 Å². The summed E-state index contributed by atoms with van der Waals surface area (Å²) in [5, 5.41) is 2.98. The van der Waals surface area contributed by atoms with E-state index in [-0.39, 0.29) is 17.0 Å². The van der Waals surface area contributed by atoms with E-state index in [9.17, 15) is 4.79 Å². The Balaban J connectivity index is 4.50. The zero-order valence-corrected chi connectivity index (χ0v) is 12.3. The molecular formula is C13H29N3O. The fourth-order valence-corrected chi connectivity index (χ4v) is 1.63. The molecule has 0 heterocycles. The van der Waals surface area contributed by atoms with Gasteiger partial charge in [-0.15, -0.1) is 0 Å². The largest absolute Gasteiger partial charge is 0.350 e. The van der Waals surface area contributed by atoms with Gasteiger partial charge in [0, 0.05) is 17.6 Å². The maximum Gasteiger partial charge on any atom is 0.234 e. The molecule has 0 rings (SSSR count). The topological polar surface area (TPSA) is 58.4 Å². The van der Waals surface area contributed by atoms with Crippen molar-refractivity contribution in [3.05, 3.63) is 0 Å². The lowest BCUT2D eigenvalue weighted by Gasteiger charge is -2.37. The predicted octanol–water partition coefficient (Wildman–Crippen LogP) is 1.35. The van der Waals surface area contributed by atoms with Gasteiger partial charge in [-0.1, -0.05) is 6.92 Å². The first-order valence-corrected chi connectivity index (χ1v) is 6.38. The van der Waals surface area contributed by atoms with Gasteiger partial charge in [-0.25, -0.2) is 0 Å². The zero-order chi connectivity index (χ0) is 13.7. The molecule has 0 aliphatic rings. The number of carbonyl (C=O) groups excluding carboxylic acids is 1. The maximum absolute atomic E-state index is 11.9. The molecule has 4 heteroatoms. The molecule has 17 heavy (non-hydrogen) atoms. The van der Waals surface area contributed by atoms with Crippen LogP contribution in [0.4, 0.5) is 0 Å². The molecule has 0 aromatic heterocycles. The van der Waals surface area contributed by atoms with Gasteiger partial charge in [0.25, 0.3) is 0 Å². The number of hydrogen-bond donors (Lipinski definition) is 2. The third-order valence-corrected chi connectivity index (χ3v) is 2.70. The predicted molar refractivity (Wildman–Crippen MR) is 72.9 cm³/mol. The molecule has 0 unspecified atom stereocenters. The molecule has 0 bridgehead atoms. The van der Waals surface area contributed by atoms with Gasteiger partial charge in [-0.05, 0) is 47.6 Å². The first-order chi connectivity index (χ1) is 7.62. The highest BCUT2D eigenvalue weighted by atomic mass is 16.2. The van der Waals surface area contributed by atoms with Gasteiger partial charge in [-0.2, -0.15) is 0 Å². The molecule has 4 nitrogen and oxygen atoms in total. The highest BCUT2D eigenvalue weighted by Crippen LogP contribution is 2.13. The van der Waals surface area contributed by atoms with Crippen LogP contribution in [-0.2, 0) is 4.79 Å². The van der Waals surface area contributed by atoms with Crippen molar-refractivity contribution in [1.82, 2.24) is 10.2 Å². The van der Waals surface area contributed by atoms with E-state index in [1.807, 2.05) is 20.8 Å². The Bertz CT molecular complexity index is 244. The monoisotopic (exact) mass is 243 g/mol. The fourth-order valence-electron chi connectivity index (χ4n) is 1.63. The summed E-state index contributed by atoms with van der Waals surface area (Å²) in [6, 6.07) is 0. The summed E-state index contributed by atoms with van der Waals surface area (Å²) < 4.78 is 0. The van der Waals surface area contributed by atoms with E-state index < -0.39 is 0 Å². The van der Waals surface area contributed by atoms with Crippen molar-refractivity contribution in [1.29, 1.82) is 0 Å². The molecule has 0 saturated heterocycles. The third kappa shape index (κ3) is 6.64. The van der Waals surface area contributed by atoms with Crippen molar-refractivity contribution in [2.45, 2.75) is 59.0 Å². The van der Waals surface area contributed by atoms with E-state index in [4.69, 9.17) is 5.73 Å². The van der Waals surface area contributed by atoms with E-state index in [2.05, 4.69) is 31.0 Å². The Morgan fingerprint density at radius 2 is 1.76 bits per heavy atom. The van der Waals surface area contributed by atoms with Gasteiger partial charge >= 0.3 is 0 Å². The van der Waals surface area contributed by atoms with Gasteiger partial charge in [0.05, 0.1) is 6.54 Å². The zero-order valence-electron chi connectivity index (χ0n) is 12.3. The van der Waals surface area contributed by atoms with E-state index in [0.717, 1.165) is 13.0 Å². The van der Waals surface area contributed by atoms with Crippen LogP contribution in [0.3, 0.4) is 0 Å². The molecular weight excluding hydrogens is 214 g/mol. The van der Waals surface area contributed by atoms with E-state index in [1.54, 1.807) is 0 Å². The molecule has 0 atom stereocenters. The van der Waals surface area contributed by atoms with Crippen molar-refractivity contribution in [2.24, 2.45) is 5.73 Å². The van der Waals surface area contributed by atoms with Crippen LogP contribution in [0.15, 0.2) is 0 Å². The van der Waals surface area contributed by atoms with Crippen LogP contribution in [0.5, 0.6) is 0 Å². The van der Waals surface area contributed by atoms with Gasteiger partial charge in [0.2, 0.25) is 5.91 Å². The summed E-state index contributed by atoms with van der Waals surface area (Å²) in [5.74, 6) is 0.0625. The van der Waals surface area contributed by atoms with Crippen molar-refractivity contribution >= 4 is 5.91 Å². The number of hydrogen-bond acceptors (Lipinski definition) is 3.